The molecule has 2 aromatic carbocycles. The molecule has 0 spiro atoms. The summed E-state index contributed by atoms with van der Waals surface area (Å²) in [4.78, 5) is 12.1. The minimum absolute atomic E-state index is 0.322. The first-order chi connectivity index (χ1) is 12.2. The van der Waals surface area contributed by atoms with Crippen LogP contribution in [-0.2, 0) is 11.0 Å². The molecule has 0 heterocycles. The molecule has 0 saturated heterocycles. The van der Waals surface area contributed by atoms with Gasteiger partial charge in [0.25, 0.3) is 0 Å². The first-order valence-corrected chi connectivity index (χ1v) is 7.70. The number of methoxy groups -OCH3 is 2. The van der Waals surface area contributed by atoms with Crippen LogP contribution in [0.15, 0.2) is 42.5 Å². The van der Waals surface area contributed by atoms with Crippen LogP contribution in [0.3, 0.4) is 0 Å². The number of amides is 1. The van der Waals surface area contributed by atoms with E-state index >= 15 is 0 Å². The predicted octanol–water partition coefficient (Wildman–Crippen LogP) is 5.03. The van der Waals surface area contributed by atoms with Crippen LogP contribution in [0.4, 0.5) is 18.9 Å². The highest BCUT2D eigenvalue weighted by Gasteiger charge is 2.29. The van der Waals surface area contributed by atoms with E-state index in [0.717, 1.165) is 12.1 Å². The minimum atomic E-state index is -4.40. The number of carbonyl (C=O) groups excluding carboxylic acids is 1. The number of alkyl halides is 3. The molecule has 0 aromatic heterocycles. The van der Waals surface area contributed by atoms with E-state index in [2.05, 4.69) is 5.32 Å². The molecule has 4 nitrogen and oxygen atoms in total. The summed E-state index contributed by atoms with van der Waals surface area (Å²) in [6, 6.07) is 7.45. The SMILES string of the molecule is COc1cc(NC(=O)/C=C/c2ccc(C(F)(F)F)cc2)c(OC)cc1Cl. The average Bonchev–Trinajstić information content (AvgIpc) is 2.60. The summed E-state index contributed by atoms with van der Waals surface area (Å²) in [6.07, 6.45) is -1.80. The molecule has 0 radical (unpaired) electrons. The Kier molecular flexibility index (Phi) is 6.15. The van der Waals surface area contributed by atoms with Crippen LogP contribution in [0, 0.1) is 0 Å². The lowest BCUT2D eigenvalue weighted by atomic mass is 10.1. The van der Waals surface area contributed by atoms with E-state index in [4.69, 9.17) is 21.1 Å². The van der Waals surface area contributed by atoms with Crippen molar-refractivity contribution in [3.63, 3.8) is 0 Å². The molecule has 1 N–H and O–H groups in total. The number of hydrogen-bond acceptors (Lipinski definition) is 3. The van der Waals surface area contributed by atoms with Gasteiger partial charge in [-0.2, -0.15) is 13.2 Å². The van der Waals surface area contributed by atoms with E-state index in [-0.39, 0.29) is 0 Å². The van der Waals surface area contributed by atoms with Gasteiger partial charge < -0.3 is 14.8 Å². The predicted molar refractivity (Wildman–Crippen MR) is 93.7 cm³/mol. The molecule has 2 rings (SSSR count). The third kappa shape index (κ3) is 4.92. The summed E-state index contributed by atoms with van der Waals surface area (Å²) in [6.45, 7) is 0. The molecule has 0 unspecified atom stereocenters. The van der Waals surface area contributed by atoms with Gasteiger partial charge >= 0.3 is 6.18 Å². The minimum Gasteiger partial charge on any atom is -0.495 e. The first-order valence-electron chi connectivity index (χ1n) is 7.32. The Bertz CT molecular complexity index is 818. The van der Waals surface area contributed by atoms with Crippen LogP contribution in [0.25, 0.3) is 6.08 Å². The smallest absolute Gasteiger partial charge is 0.416 e. The molecule has 0 aliphatic carbocycles. The van der Waals surface area contributed by atoms with Crippen LogP contribution in [-0.4, -0.2) is 20.1 Å². The fourth-order valence-corrected chi connectivity index (χ4v) is 2.32. The summed E-state index contributed by atoms with van der Waals surface area (Å²) in [7, 11) is 2.86. The normalized spacial score (nSPS) is 11.5. The zero-order valence-corrected chi connectivity index (χ0v) is 14.6. The number of halogens is 4. The number of benzene rings is 2. The zero-order valence-electron chi connectivity index (χ0n) is 13.9. The Labute approximate surface area is 153 Å². The van der Waals surface area contributed by atoms with E-state index in [1.54, 1.807) is 0 Å². The van der Waals surface area contributed by atoms with Gasteiger partial charge in [0.05, 0.1) is 30.5 Å². The lowest BCUT2D eigenvalue weighted by molar-refractivity contribution is -0.137. The van der Waals surface area contributed by atoms with Gasteiger partial charge in [-0.25, -0.2) is 0 Å². The standard InChI is InChI=1S/C18H15ClF3NO3/c1-25-15-10-14(16(26-2)9-13(15)19)23-17(24)8-5-11-3-6-12(7-4-11)18(20,21)22/h3-10H,1-2H3,(H,23,24)/b8-5+. The summed E-state index contributed by atoms with van der Waals surface area (Å²) in [5, 5.41) is 2.92. The second-order valence-electron chi connectivity index (χ2n) is 5.13. The highest BCUT2D eigenvalue weighted by molar-refractivity contribution is 6.32. The van der Waals surface area contributed by atoms with Crippen molar-refractivity contribution >= 4 is 29.3 Å². The Morgan fingerprint density at radius 1 is 1.08 bits per heavy atom. The molecule has 1 amide bonds. The van der Waals surface area contributed by atoms with Crippen molar-refractivity contribution in [1.82, 2.24) is 0 Å². The van der Waals surface area contributed by atoms with E-state index in [1.807, 2.05) is 0 Å². The molecule has 0 saturated carbocycles. The molecule has 0 bridgehead atoms. The Morgan fingerprint density at radius 3 is 2.23 bits per heavy atom. The van der Waals surface area contributed by atoms with Crippen molar-refractivity contribution in [1.29, 1.82) is 0 Å². The Hall–Kier alpha value is -2.67. The van der Waals surface area contributed by atoms with Crippen molar-refractivity contribution in [2.75, 3.05) is 19.5 Å². The van der Waals surface area contributed by atoms with E-state index in [1.165, 1.54) is 50.6 Å². The van der Waals surface area contributed by atoms with Gasteiger partial charge in [-0.15, -0.1) is 0 Å². The van der Waals surface area contributed by atoms with Crippen LogP contribution in [0.5, 0.6) is 11.5 Å². The highest BCUT2D eigenvalue weighted by atomic mass is 35.5. The lowest BCUT2D eigenvalue weighted by Crippen LogP contribution is -2.09. The number of carbonyl (C=O) groups is 1. The zero-order chi connectivity index (χ0) is 19.3. The summed E-state index contributed by atoms with van der Waals surface area (Å²) in [5.74, 6) is 0.203. The summed E-state index contributed by atoms with van der Waals surface area (Å²) < 4.78 is 47.8. The molecule has 0 atom stereocenters. The van der Waals surface area contributed by atoms with Crippen molar-refractivity contribution < 1.29 is 27.4 Å². The summed E-state index contributed by atoms with van der Waals surface area (Å²) in [5.41, 5.74) is 0.0433. The second-order valence-corrected chi connectivity index (χ2v) is 5.54. The van der Waals surface area contributed by atoms with Gasteiger partial charge in [0.15, 0.2) is 0 Å². The average molecular weight is 386 g/mol. The van der Waals surface area contributed by atoms with Crippen LogP contribution in [0.2, 0.25) is 5.02 Å². The molecule has 0 fully saturated rings. The van der Waals surface area contributed by atoms with Gasteiger partial charge in [-0.05, 0) is 23.8 Å². The van der Waals surface area contributed by atoms with Gasteiger partial charge in [0.2, 0.25) is 5.91 Å². The van der Waals surface area contributed by atoms with Gasteiger partial charge in [-0.3, -0.25) is 4.79 Å². The Balaban J connectivity index is 2.12. The maximum Gasteiger partial charge on any atom is 0.416 e. The van der Waals surface area contributed by atoms with Crippen molar-refractivity contribution in [2.45, 2.75) is 6.18 Å². The van der Waals surface area contributed by atoms with Crippen LogP contribution in [0.1, 0.15) is 11.1 Å². The largest absolute Gasteiger partial charge is 0.495 e. The summed E-state index contributed by atoms with van der Waals surface area (Å²) >= 11 is 5.99. The third-order valence-electron chi connectivity index (χ3n) is 3.40. The number of ether oxygens (including phenoxy) is 2. The molecule has 8 heteroatoms. The molecule has 26 heavy (non-hydrogen) atoms. The molecular weight excluding hydrogens is 371 g/mol. The van der Waals surface area contributed by atoms with Gasteiger partial charge in [-0.1, -0.05) is 23.7 Å². The Morgan fingerprint density at radius 2 is 1.69 bits per heavy atom. The van der Waals surface area contributed by atoms with E-state index in [9.17, 15) is 18.0 Å². The number of anilines is 1. The topological polar surface area (TPSA) is 47.6 Å². The fraction of sp³-hybridized carbons (Fsp3) is 0.167. The molecule has 138 valence electrons. The molecule has 0 aliphatic rings. The van der Waals surface area contributed by atoms with Crippen molar-refractivity contribution in [3.8, 4) is 11.5 Å². The van der Waals surface area contributed by atoms with Gasteiger partial charge in [0.1, 0.15) is 11.5 Å². The van der Waals surface area contributed by atoms with E-state index < -0.39 is 17.6 Å². The molecule has 2 aromatic rings. The first kappa shape index (κ1) is 19.7. The maximum absolute atomic E-state index is 12.5. The second kappa shape index (κ2) is 8.14. The van der Waals surface area contributed by atoms with E-state index in [0.29, 0.717) is 27.8 Å². The van der Waals surface area contributed by atoms with Crippen molar-refractivity contribution in [3.05, 3.63) is 58.6 Å². The third-order valence-corrected chi connectivity index (χ3v) is 3.69. The maximum atomic E-state index is 12.5. The van der Waals surface area contributed by atoms with Gasteiger partial charge in [0, 0.05) is 18.2 Å². The number of rotatable bonds is 5. The lowest BCUT2D eigenvalue weighted by Gasteiger charge is -2.12. The van der Waals surface area contributed by atoms with Crippen LogP contribution >= 0.6 is 11.6 Å². The monoisotopic (exact) mass is 385 g/mol. The molecular formula is C18H15ClF3NO3. The fourth-order valence-electron chi connectivity index (χ4n) is 2.09. The number of hydrogen-bond donors (Lipinski definition) is 1. The number of nitrogens with one attached hydrogen (secondary N) is 1. The quantitative estimate of drug-likeness (QED) is 0.734. The van der Waals surface area contributed by atoms with Crippen molar-refractivity contribution in [2.24, 2.45) is 0 Å². The highest BCUT2D eigenvalue weighted by Crippen LogP contribution is 2.35. The van der Waals surface area contributed by atoms with Crippen LogP contribution < -0.4 is 14.8 Å². The molecule has 0 aliphatic heterocycles.